The second-order valence-electron chi connectivity index (χ2n) is 6.84. The van der Waals surface area contributed by atoms with Gasteiger partial charge in [-0.2, -0.15) is 4.98 Å². The molecule has 1 amide bonds. The molecule has 0 aliphatic carbocycles. The van der Waals surface area contributed by atoms with Crippen molar-refractivity contribution in [3.63, 3.8) is 0 Å². The van der Waals surface area contributed by atoms with Crippen LogP contribution in [0, 0.1) is 13.8 Å². The number of fused-ring (bicyclic) bond motifs is 1. The van der Waals surface area contributed by atoms with Crippen LogP contribution in [-0.2, 0) is 17.8 Å². The van der Waals surface area contributed by atoms with Crippen molar-refractivity contribution in [1.82, 2.24) is 20.0 Å². The Labute approximate surface area is 163 Å². The summed E-state index contributed by atoms with van der Waals surface area (Å²) in [4.78, 5) is 23.3. The highest BCUT2D eigenvalue weighted by Crippen LogP contribution is 2.30. The zero-order chi connectivity index (χ0) is 19.5. The van der Waals surface area contributed by atoms with Gasteiger partial charge in [0, 0.05) is 37.5 Å². The fourth-order valence-electron chi connectivity index (χ4n) is 3.49. The Morgan fingerprint density at radius 1 is 1.25 bits per heavy atom. The fraction of sp³-hybridized carbons (Fsp3) is 0.333. The Hall–Kier alpha value is -3.22. The van der Waals surface area contributed by atoms with E-state index in [9.17, 15) is 4.79 Å². The van der Waals surface area contributed by atoms with E-state index in [1.54, 1.807) is 6.92 Å². The van der Waals surface area contributed by atoms with Crippen molar-refractivity contribution < 1.29 is 14.1 Å². The third-order valence-corrected chi connectivity index (χ3v) is 4.89. The van der Waals surface area contributed by atoms with Gasteiger partial charge in [-0.15, -0.1) is 0 Å². The van der Waals surface area contributed by atoms with Crippen molar-refractivity contribution in [2.24, 2.45) is 0 Å². The van der Waals surface area contributed by atoms with Crippen LogP contribution in [0.4, 0.5) is 0 Å². The highest BCUT2D eigenvalue weighted by molar-refractivity contribution is 5.77. The van der Waals surface area contributed by atoms with Crippen LogP contribution in [0.1, 0.15) is 29.1 Å². The number of nitrogens with zero attached hydrogens (tertiary/aromatic N) is 4. The molecule has 0 radical (unpaired) electrons. The average Bonchev–Trinajstić information content (AvgIpc) is 3.14. The maximum Gasteiger partial charge on any atom is 0.226 e. The van der Waals surface area contributed by atoms with E-state index >= 15 is 0 Å². The van der Waals surface area contributed by atoms with Crippen LogP contribution >= 0.6 is 0 Å². The first-order valence-electron chi connectivity index (χ1n) is 9.35. The Kier molecular flexibility index (Phi) is 5.06. The van der Waals surface area contributed by atoms with Gasteiger partial charge in [-0.1, -0.05) is 23.4 Å². The number of pyridine rings is 1. The normalized spacial score (nSPS) is 13.3. The SMILES string of the molecule is Cc1nc(-c2c(C)ncc3c2CCN(C(=O)CCOc2ccccc2)C3)no1. The Balaban J connectivity index is 1.44. The molecule has 1 aliphatic heterocycles. The van der Waals surface area contributed by atoms with E-state index in [0.29, 0.717) is 37.8 Å². The van der Waals surface area contributed by atoms with E-state index in [-0.39, 0.29) is 5.91 Å². The number of carbonyl (C=O) groups is 1. The maximum absolute atomic E-state index is 12.6. The van der Waals surface area contributed by atoms with Crippen molar-refractivity contribution in [1.29, 1.82) is 0 Å². The van der Waals surface area contributed by atoms with E-state index in [0.717, 1.165) is 34.6 Å². The third-order valence-electron chi connectivity index (χ3n) is 4.89. The third kappa shape index (κ3) is 3.74. The van der Waals surface area contributed by atoms with E-state index in [4.69, 9.17) is 9.26 Å². The summed E-state index contributed by atoms with van der Waals surface area (Å²) in [6, 6.07) is 9.53. The predicted octanol–water partition coefficient (Wildman–Crippen LogP) is 3.10. The second-order valence-corrected chi connectivity index (χ2v) is 6.84. The molecule has 1 aromatic carbocycles. The Morgan fingerprint density at radius 2 is 2.07 bits per heavy atom. The molecule has 144 valence electrons. The number of para-hydroxylation sites is 1. The standard InChI is InChI=1S/C21H22N4O3/c1-14-20(21-23-15(2)28-24-21)18-8-10-25(13-16(18)12-22-14)19(26)9-11-27-17-6-4-3-5-7-17/h3-7,12H,8-11,13H2,1-2H3. The van der Waals surface area contributed by atoms with Gasteiger partial charge < -0.3 is 14.2 Å². The van der Waals surface area contributed by atoms with Crippen LogP contribution in [0.25, 0.3) is 11.4 Å². The molecule has 0 atom stereocenters. The molecule has 1 aliphatic rings. The molecular weight excluding hydrogens is 356 g/mol. The van der Waals surface area contributed by atoms with Gasteiger partial charge >= 0.3 is 0 Å². The molecule has 0 unspecified atom stereocenters. The largest absolute Gasteiger partial charge is 0.493 e. The van der Waals surface area contributed by atoms with Gasteiger partial charge in [0.1, 0.15) is 5.75 Å². The number of carbonyl (C=O) groups excluding carboxylic acids is 1. The molecule has 0 N–H and O–H groups in total. The molecular formula is C21H22N4O3. The summed E-state index contributed by atoms with van der Waals surface area (Å²) in [7, 11) is 0. The van der Waals surface area contributed by atoms with Crippen LogP contribution in [0.15, 0.2) is 41.1 Å². The van der Waals surface area contributed by atoms with Gasteiger partial charge in [-0.05, 0) is 36.6 Å². The van der Waals surface area contributed by atoms with Crippen molar-refractivity contribution in [3.05, 3.63) is 59.2 Å². The molecule has 3 aromatic rings. The lowest BCUT2D eigenvalue weighted by Crippen LogP contribution is -2.37. The van der Waals surface area contributed by atoms with Gasteiger partial charge in [0.05, 0.1) is 13.0 Å². The zero-order valence-corrected chi connectivity index (χ0v) is 16.0. The molecule has 7 heteroatoms. The lowest BCUT2D eigenvalue weighted by Gasteiger charge is -2.30. The number of hydrogen-bond acceptors (Lipinski definition) is 6. The molecule has 4 rings (SSSR count). The number of benzene rings is 1. The molecule has 28 heavy (non-hydrogen) atoms. The molecule has 7 nitrogen and oxygen atoms in total. The molecule has 0 spiro atoms. The molecule has 0 fully saturated rings. The first kappa shape index (κ1) is 18.2. The van der Waals surface area contributed by atoms with Crippen molar-refractivity contribution in [2.45, 2.75) is 33.2 Å². The topological polar surface area (TPSA) is 81.4 Å². The highest BCUT2D eigenvalue weighted by Gasteiger charge is 2.26. The predicted molar refractivity (Wildman–Crippen MR) is 103 cm³/mol. The van der Waals surface area contributed by atoms with E-state index in [1.165, 1.54) is 0 Å². The Morgan fingerprint density at radius 3 is 2.82 bits per heavy atom. The van der Waals surface area contributed by atoms with Crippen LogP contribution < -0.4 is 4.74 Å². The first-order chi connectivity index (χ1) is 13.6. The first-order valence-corrected chi connectivity index (χ1v) is 9.35. The summed E-state index contributed by atoms with van der Waals surface area (Å²) in [5, 5.41) is 4.06. The highest BCUT2D eigenvalue weighted by atomic mass is 16.5. The van der Waals surface area contributed by atoms with Crippen LogP contribution in [0.2, 0.25) is 0 Å². The minimum Gasteiger partial charge on any atom is -0.493 e. The number of hydrogen-bond donors (Lipinski definition) is 0. The molecule has 3 heterocycles. The number of ether oxygens (including phenoxy) is 1. The molecule has 0 bridgehead atoms. The fourth-order valence-corrected chi connectivity index (χ4v) is 3.49. The van der Waals surface area contributed by atoms with Crippen LogP contribution in [-0.4, -0.2) is 39.1 Å². The monoisotopic (exact) mass is 378 g/mol. The Bertz CT molecular complexity index is 985. The molecule has 2 aromatic heterocycles. The zero-order valence-electron chi connectivity index (χ0n) is 16.0. The molecule has 0 saturated heterocycles. The van der Waals surface area contributed by atoms with Gasteiger partial charge in [0.15, 0.2) is 0 Å². The smallest absolute Gasteiger partial charge is 0.226 e. The summed E-state index contributed by atoms with van der Waals surface area (Å²) >= 11 is 0. The summed E-state index contributed by atoms with van der Waals surface area (Å²) in [5.74, 6) is 1.95. The van der Waals surface area contributed by atoms with Gasteiger partial charge in [0.25, 0.3) is 0 Å². The van der Waals surface area contributed by atoms with Crippen molar-refractivity contribution >= 4 is 5.91 Å². The van der Waals surface area contributed by atoms with E-state index in [1.807, 2.05) is 48.4 Å². The van der Waals surface area contributed by atoms with Gasteiger partial charge in [0.2, 0.25) is 17.6 Å². The number of aryl methyl sites for hydroxylation is 2. The number of rotatable bonds is 5. The quantitative estimate of drug-likeness (QED) is 0.679. The minimum atomic E-state index is 0.0825. The van der Waals surface area contributed by atoms with Crippen LogP contribution in [0.3, 0.4) is 0 Å². The maximum atomic E-state index is 12.6. The molecule has 0 saturated carbocycles. The summed E-state index contributed by atoms with van der Waals surface area (Å²) in [6.45, 7) is 5.28. The lowest BCUT2D eigenvalue weighted by atomic mass is 9.94. The average molecular weight is 378 g/mol. The number of aromatic nitrogens is 3. The van der Waals surface area contributed by atoms with E-state index < -0.39 is 0 Å². The van der Waals surface area contributed by atoms with Crippen LogP contribution in [0.5, 0.6) is 5.75 Å². The summed E-state index contributed by atoms with van der Waals surface area (Å²) < 4.78 is 10.8. The lowest BCUT2D eigenvalue weighted by molar-refractivity contribution is -0.132. The summed E-state index contributed by atoms with van der Waals surface area (Å²) in [5.41, 5.74) is 3.98. The second kappa shape index (κ2) is 7.80. The minimum absolute atomic E-state index is 0.0825. The van der Waals surface area contributed by atoms with Crippen molar-refractivity contribution in [3.8, 4) is 17.1 Å². The van der Waals surface area contributed by atoms with E-state index in [2.05, 4.69) is 15.1 Å². The van der Waals surface area contributed by atoms with Crippen molar-refractivity contribution in [2.75, 3.05) is 13.2 Å². The summed E-state index contributed by atoms with van der Waals surface area (Å²) in [6.07, 6.45) is 2.94. The van der Waals surface area contributed by atoms with Gasteiger partial charge in [-0.3, -0.25) is 9.78 Å². The number of amides is 1. The van der Waals surface area contributed by atoms with Gasteiger partial charge in [-0.25, -0.2) is 0 Å².